The molecule has 6 nitrogen and oxygen atoms in total. The van der Waals surface area contributed by atoms with Crippen molar-refractivity contribution < 1.29 is 14.5 Å². The van der Waals surface area contributed by atoms with Gasteiger partial charge in [0, 0.05) is 16.1 Å². The van der Waals surface area contributed by atoms with Crippen LogP contribution < -0.4 is 10.1 Å². The van der Waals surface area contributed by atoms with E-state index in [2.05, 4.69) is 21.2 Å². The van der Waals surface area contributed by atoms with Gasteiger partial charge in [0.1, 0.15) is 5.75 Å². The molecule has 0 saturated carbocycles. The zero-order chi connectivity index (χ0) is 17.1. The molecule has 0 spiro atoms. The number of nitro benzene ring substituents is 1. The van der Waals surface area contributed by atoms with Crippen LogP contribution in [0.15, 0.2) is 34.8 Å². The molecule has 0 bridgehead atoms. The van der Waals surface area contributed by atoms with Gasteiger partial charge in [0.05, 0.1) is 10.6 Å². The van der Waals surface area contributed by atoms with E-state index in [1.54, 1.807) is 31.2 Å². The number of ether oxygens (including phenoxy) is 1. The van der Waals surface area contributed by atoms with Gasteiger partial charge in [-0.2, -0.15) is 0 Å². The minimum absolute atomic E-state index is 0.0573. The van der Waals surface area contributed by atoms with Gasteiger partial charge in [-0.1, -0.05) is 22.0 Å². The van der Waals surface area contributed by atoms with Crippen LogP contribution in [0.3, 0.4) is 0 Å². The van der Waals surface area contributed by atoms with E-state index in [-0.39, 0.29) is 5.69 Å². The molecule has 2 aromatic carbocycles. The number of anilines is 1. The van der Waals surface area contributed by atoms with Gasteiger partial charge in [-0.05, 0) is 50.1 Å². The molecular formula is C16H15BrN2O4. The number of rotatable bonds is 3. The van der Waals surface area contributed by atoms with E-state index in [0.29, 0.717) is 17.0 Å². The second-order valence-corrected chi connectivity index (χ2v) is 5.94. The molecule has 0 fully saturated rings. The van der Waals surface area contributed by atoms with E-state index in [0.717, 1.165) is 15.6 Å². The van der Waals surface area contributed by atoms with E-state index >= 15 is 0 Å². The van der Waals surface area contributed by atoms with E-state index in [9.17, 15) is 14.9 Å². The van der Waals surface area contributed by atoms with E-state index in [1.165, 1.54) is 6.07 Å². The lowest BCUT2D eigenvalue weighted by molar-refractivity contribution is -0.385. The number of benzene rings is 2. The summed E-state index contributed by atoms with van der Waals surface area (Å²) in [4.78, 5) is 22.4. The molecule has 0 aliphatic rings. The number of carbonyl (C=O) groups is 1. The molecule has 0 unspecified atom stereocenters. The first-order valence-corrected chi connectivity index (χ1v) is 7.58. The Morgan fingerprint density at radius 3 is 2.30 bits per heavy atom. The highest BCUT2D eigenvalue weighted by atomic mass is 79.9. The molecule has 0 radical (unpaired) electrons. The lowest BCUT2D eigenvalue weighted by Crippen LogP contribution is -2.17. The van der Waals surface area contributed by atoms with Crippen LogP contribution in [0.1, 0.15) is 16.7 Å². The minimum atomic E-state index is -0.704. The first-order valence-electron chi connectivity index (χ1n) is 6.78. The number of halogens is 1. The lowest BCUT2D eigenvalue weighted by Gasteiger charge is -2.10. The molecule has 120 valence electrons. The molecular weight excluding hydrogens is 364 g/mol. The number of hydrogen-bond acceptors (Lipinski definition) is 4. The minimum Gasteiger partial charge on any atom is -0.410 e. The second-order valence-electron chi connectivity index (χ2n) is 5.14. The Morgan fingerprint density at radius 2 is 1.74 bits per heavy atom. The van der Waals surface area contributed by atoms with Gasteiger partial charge in [0.15, 0.2) is 0 Å². The molecule has 7 heteroatoms. The van der Waals surface area contributed by atoms with Crippen molar-refractivity contribution in [2.45, 2.75) is 20.8 Å². The fourth-order valence-electron chi connectivity index (χ4n) is 2.10. The third-order valence-corrected chi connectivity index (χ3v) is 4.52. The number of nitrogens with zero attached hydrogens (tertiary/aromatic N) is 1. The maximum absolute atomic E-state index is 11.9. The Labute approximate surface area is 141 Å². The summed E-state index contributed by atoms with van der Waals surface area (Å²) < 4.78 is 6.18. The van der Waals surface area contributed by atoms with Gasteiger partial charge in [0.25, 0.3) is 5.69 Å². The quantitative estimate of drug-likeness (QED) is 0.608. The summed E-state index contributed by atoms with van der Waals surface area (Å²) in [5.41, 5.74) is 2.65. The van der Waals surface area contributed by atoms with Crippen molar-refractivity contribution in [3.8, 4) is 5.75 Å². The Balaban J connectivity index is 2.14. The molecule has 0 saturated heterocycles. The first kappa shape index (κ1) is 17.0. The van der Waals surface area contributed by atoms with Crippen LogP contribution in [0, 0.1) is 30.9 Å². The van der Waals surface area contributed by atoms with Crippen molar-refractivity contribution in [3.63, 3.8) is 0 Å². The van der Waals surface area contributed by atoms with Crippen LogP contribution in [0.25, 0.3) is 0 Å². The molecule has 1 amide bonds. The topological polar surface area (TPSA) is 81.5 Å². The summed E-state index contributed by atoms with van der Waals surface area (Å²) in [7, 11) is 0. The summed E-state index contributed by atoms with van der Waals surface area (Å²) in [6.45, 7) is 5.42. The summed E-state index contributed by atoms with van der Waals surface area (Å²) in [5, 5.41) is 13.4. The third kappa shape index (κ3) is 4.07. The monoisotopic (exact) mass is 378 g/mol. The smallest absolute Gasteiger partial charge is 0.410 e. The number of aryl methyl sites for hydroxylation is 3. The number of carbonyl (C=O) groups excluding carboxylic acids is 1. The predicted octanol–water partition coefficient (Wildman–Crippen LogP) is 4.89. The van der Waals surface area contributed by atoms with Crippen LogP contribution in [-0.2, 0) is 0 Å². The standard InChI is InChI=1S/C16H15BrN2O4/c1-9-4-5-12(8-14(9)19(21)22)18-16(20)23-13-6-10(2)15(17)11(3)7-13/h4-8H,1-3H3,(H,18,20). The fraction of sp³-hybridized carbons (Fsp3) is 0.188. The predicted molar refractivity (Wildman–Crippen MR) is 91.1 cm³/mol. The van der Waals surface area contributed by atoms with Gasteiger partial charge in [-0.25, -0.2) is 4.79 Å². The van der Waals surface area contributed by atoms with Crippen LogP contribution in [0.2, 0.25) is 0 Å². The molecule has 1 N–H and O–H groups in total. The van der Waals surface area contributed by atoms with Crippen LogP contribution >= 0.6 is 15.9 Å². The number of hydrogen-bond donors (Lipinski definition) is 1. The van der Waals surface area contributed by atoms with Gasteiger partial charge in [0.2, 0.25) is 0 Å². The van der Waals surface area contributed by atoms with Crippen molar-refractivity contribution in [1.29, 1.82) is 0 Å². The SMILES string of the molecule is Cc1ccc(NC(=O)Oc2cc(C)c(Br)c(C)c2)cc1[N+](=O)[O-]. The summed E-state index contributed by atoms with van der Waals surface area (Å²) in [6, 6.07) is 7.92. The number of nitro groups is 1. The number of amides is 1. The van der Waals surface area contributed by atoms with Crippen LogP contribution in [0.5, 0.6) is 5.75 Å². The summed E-state index contributed by atoms with van der Waals surface area (Å²) >= 11 is 3.44. The molecule has 0 heterocycles. The summed E-state index contributed by atoms with van der Waals surface area (Å²) in [6.07, 6.45) is -0.704. The zero-order valence-corrected chi connectivity index (χ0v) is 14.4. The Bertz CT molecular complexity index is 767. The van der Waals surface area contributed by atoms with E-state index in [1.807, 2.05) is 13.8 Å². The zero-order valence-electron chi connectivity index (χ0n) is 12.8. The first-order chi connectivity index (χ1) is 10.8. The van der Waals surface area contributed by atoms with E-state index in [4.69, 9.17) is 4.74 Å². The largest absolute Gasteiger partial charge is 0.417 e. The highest BCUT2D eigenvalue weighted by Crippen LogP contribution is 2.27. The second kappa shape index (κ2) is 6.78. The molecule has 0 aliphatic heterocycles. The van der Waals surface area contributed by atoms with Crippen molar-refractivity contribution in [2.24, 2.45) is 0 Å². The number of nitrogens with one attached hydrogen (secondary N) is 1. The maximum Gasteiger partial charge on any atom is 0.417 e. The molecule has 0 atom stereocenters. The maximum atomic E-state index is 11.9. The highest BCUT2D eigenvalue weighted by molar-refractivity contribution is 9.10. The Kier molecular flexibility index (Phi) is 5.00. The van der Waals surface area contributed by atoms with Crippen LogP contribution in [0.4, 0.5) is 16.2 Å². The van der Waals surface area contributed by atoms with Crippen molar-refractivity contribution in [2.75, 3.05) is 5.32 Å². The fourth-order valence-corrected chi connectivity index (χ4v) is 2.33. The van der Waals surface area contributed by atoms with Gasteiger partial charge in [-0.3, -0.25) is 15.4 Å². The van der Waals surface area contributed by atoms with Gasteiger partial charge in [-0.15, -0.1) is 0 Å². The molecule has 2 aromatic rings. The molecule has 0 aromatic heterocycles. The normalized spacial score (nSPS) is 10.3. The van der Waals surface area contributed by atoms with Gasteiger partial charge >= 0.3 is 6.09 Å². The molecule has 0 aliphatic carbocycles. The van der Waals surface area contributed by atoms with Gasteiger partial charge < -0.3 is 4.74 Å². The lowest BCUT2D eigenvalue weighted by atomic mass is 10.1. The average Bonchev–Trinajstić information content (AvgIpc) is 2.46. The molecule has 2 rings (SSSR count). The van der Waals surface area contributed by atoms with Crippen molar-refractivity contribution in [1.82, 2.24) is 0 Å². The van der Waals surface area contributed by atoms with E-state index < -0.39 is 11.0 Å². The average molecular weight is 379 g/mol. The Hall–Kier alpha value is -2.41. The van der Waals surface area contributed by atoms with Crippen molar-refractivity contribution >= 4 is 33.4 Å². The molecule has 23 heavy (non-hydrogen) atoms. The Morgan fingerprint density at radius 1 is 1.13 bits per heavy atom. The third-order valence-electron chi connectivity index (χ3n) is 3.27. The van der Waals surface area contributed by atoms with Crippen molar-refractivity contribution in [3.05, 3.63) is 61.6 Å². The highest BCUT2D eigenvalue weighted by Gasteiger charge is 2.13. The van der Waals surface area contributed by atoms with Crippen LogP contribution in [-0.4, -0.2) is 11.0 Å². The summed E-state index contributed by atoms with van der Waals surface area (Å²) in [5.74, 6) is 0.405.